The van der Waals surface area contributed by atoms with Crippen LogP contribution in [0.4, 0.5) is 0 Å². The number of rotatable bonds is 8. The molecule has 0 saturated heterocycles. The van der Waals surface area contributed by atoms with Gasteiger partial charge in [0.2, 0.25) is 5.88 Å². The molecule has 3 aromatic rings. The van der Waals surface area contributed by atoms with Crippen LogP contribution in [0, 0.1) is 0 Å². The molecule has 0 spiro atoms. The molecule has 1 heterocycles. The van der Waals surface area contributed by atoms with Crippen LogP contribution in [0.2, 0.25) is 0 Å². The largest absolute Gasteiger partial charge is 0.497 e. The second kappa shape index (κ2) is 9.33. The van der Waals surface area contributed by atoms with E-state index in [9.17, 15) is 5.11 Å². The summed E-state index contributed by atoms with van der Waals surface area (Å²) in [5.74, 6) is 1.55. The summed E-state index contributed by atoms with van der Waals surface area (Å²) in [6.45, 7) is 4.38. The zero-order valence-electron chi connectivity index (χ0n) is 16.9. The highest BCUT2D eigenvalue weighted by Gasteiger charge is 2.28. The summed E-state index contributed by atoms with van der Waals surface area (Å²) in [6.07, 6.45) is -0.997. The van der Waals surface area contributed by atoms with Crippen molar-refractivity contribution in [3.8, 4) is 17.4 Å². The van der Waals surface area contributed by atoms with Crippen LogP contribution in [0.1, 0.15) is 42.7 Å². The fraction of sp³-hybridized carbons (Fsp3) is 0.318. The van der Waals surface area contributed by atoms with E-state index in [4.69, 9.17) is 14.2 Å². The Kier molecular flexibility index (Phi) is 6.82. The Hall–Kier alpha value is -2.51. The Labute approximate surface area is 179 Å². The van der Waals surface area contributed by atoms with Gasteiger partial charge in [0, 0.05) is 17.7 Å². The second-order valence-corrected chi connectivity index (χ2v) is 7.58. The fourth-order valence-electron chi connectivity index (χ4n) is 3.01. The first-order chi connectivity index (χ1) is 14.0. The predicted molar refractivity (Wildman–Crippen MR) is 115 cm³/mol. The van der Waals surface area contributed by atoms with Crippen LogP contribution < -0.4 is 14.2 Å². The van der Waals surface area contributed by atoms with Gasteiger partial charge in [-0.15, -0.1) is 5.10 Å². The van der Waals surface area contributed by atoms with E-state index in [1.807, 2.05) is 44.2 Å². The van der Waals surface area contributed by atoms with Crippen molar-refractivity contribution in [1.29, 1.82) is 0 Å². The molecule has 0 amide bonds. The number of benzene rings is 2. The minimum atomic E-state index is -0.997. The zero-order valence-corrected chi connectivity index (χ0v) is 18.5. The minimum absolute atomic E-state index is 0.0853. The van der Waals surface area contributed by atoms with Crippen LogP contribution in [0.15, 0.2) is 53.1 Å². The molecule has 3 rings (SSSR count). The van der Waals surface area contributed by atoms with Gasteiger partial charge in [0.25, 0.3) is 0 Å². The molecule has 0 aliphatic carbocycles. The average molecular weight is 461 g/mol. The lowest BCUT2D eigenvalue weighted by atomic mass is 10.0. The topological polar surface area (TPSA) is 65.7 Å². The number of aliphatic hydroxyl groups excluding tert-OH is 1. The van der Waals surface area contributed by atoms with Gasteiger partial charge in [-0.3, -0.25) is 4.68 Å². The standard InChI is InChI=1S/C22H25BrN2O4/c1-14(2)25-21(23)19(22(24-25)29-13-15-8-6-5-7-9-15)20(26)17-11-10-16(27-3)12-18(17)28-4/h5-12,14,20,26H,13H2,1-4H3. The van der Waals surface area contributed by atoms with E-state index >= 15 is 0 Å². The molecular weight excluding hydrogens is 436 g/mol. The van der Waals surface area contributed by atoms with Gasteiger partial charge in [-0.2, -0.15) is 0 Å². The number of hydrogen-bond acceptors (Lipinski definition) is 5. The van der Waals surface area contributed by atoms with Crippen molar-refractivity contribution in [2.75, 3.05) is 14.2 Å². The van der Waals surface area contributed by atoms with Crippen molar-refractivity contribution >= 4 is 15.9 Å². The highest BCUT2D eigenvalue weighted by atomic mass is 79.9. The van der Waals surface area contributed by atoms with Crippen LogP contribution in [-0.2, 0) is 6.61 Å². The third-order valence-electron chi connectivity index (χ3n) is 4.57. The predicted octanol–water partition coefficient (Wildman–Crippen LogP) is 4.90. The first-order valence-electron chi connectivity index (χ1n) is 9.30. The lowest BCUT2D eigenvalue weighted by molar-refractivity contribution is 0.202. The number of hydrogen-bond donors (Lipinski definition) is 1. The van der Waals surface area contributed by atoms with Crippen LogP contribution >= 0.6 is 15.9 Å². The maximum absolute atomic E-state index is 11.2. The smallest absolute Gasteiger partial charge is 0.240 e. The second-order valence-electron chi connectivity index (χ2n) is 6.83. The molecule has 0 radical (unpaired) electrons. The zero-order chi connectivity index (χ0) is 21.0. The summed E-state index contributed by atoms with van der Waals surface area (Å²) < 4.78 is 19.2. The van der Waals surface area contributed by atoms with Crippen LogP contribution in [-0.4, -0.2) is 29.1 Å². The van der Waals surface area contributed by atoms with E-state index in [-0.39, 0.29) is 6.04 Å². The van der Waals surface area contributed by atoms with Crippen LogP contribution in [0.5, 0.6) is 17.4 Å². The monoisotopic (exact) mass is 460 g/mol. The van der Waals surface area contributed by atoms with Crippen molar-refractivity contribution in [2.45, 2.75) is 32.6 Å². The van der Waals surface area contributed by atoms with Crippen LogP contribution in [0.3, 0.4) is 0 Å². The van der Waals surface area contributed by atoms with Crippen molar-refractivity contribution in [3.05, 3.63) is 69.8 Å². The van der Waals surface area contributed by atoms with Gasteiger partial charge in [0.1, 0.15) is 28.8 Å². The van der Waals surface area contributed by atoms with Crippen LogP contribution in [0.25, 0.3) is 0 Å². The van der Waals surface area contributed by atoms with Gasteiger partial charge in [0.05, 0.1) is 19.8 Å². The van der Waals surface area contributed by atoms with Crippen molar-refractivity contribution in [2.24, 2.45) is 0 Å². The first-order valence-corrected chi connectivity index (χ1v) is 10.1. The molecule has 0 aliphatic rings. The highest BCUT2D eigenvalue weighted by molar-refractivity contribution is 9.10. The quantitative estimate of drug-likeness (QED) is 0.517. The van der Waals surface area contributed by atoms with Crippen molar-refractivity contribution in [3.63, 3.8) is 0 Å². The molecule has 2 aromatic carbocycles. The Bertz CT molecular complexity index is 957. The number of aliphatic hydroxyl groups is 1. The number of ether oxygens (including phenoxy) is 3. The maximum atomic E-state index is 11.2. The van der Waals surface area contributed by atoms with Gasteiger partial charge in [-0.25, -0.2) is 0 Å². The summed E-state index contributed by atoms with van der Waals surface area (Å²) in [6, 6.07) is 15.2. The summed E-state index contributed by atoms with van der Waals surface area (Å²) in [5, 5.41) is 15.8. The highest BCUT2D eigenvalue weighted by Crippen LogP contribution is 2.41. The molecule has 7 heteroatoms. The molecule has 29 heavy (non-hydrogen) atoms. The van der Waals surface area contributed by atoms with Gasteiger partial charge in [0.15, 0.2) is 0 Å². The molecule has 0 fully saturated rings. The number of methoxy groups -OCH3 is 2. The number of nitrogens with zero attached hydrogens (tertiary/aromatic N) is 2. The van der Waals surface area contributed by atoms with E-state index < -0.39 is 6.10 Å². The summed E-state index contributed by atoms with van der Waals surface area (Å²) in [4.78, 5) is 0. The van der Waals surface area contributed by atoms with E-state index in [0.29, 0.717) is 39.7 Å². The van der Waals surface area contributed by atoms with Gasteiger partial charge in [-0.05, 0) is 47.5 Å². The minimum Gasteiger partial charge on any atom is -0.497 e. The third-order valence-corrected chi connectivity index (χ3v) is 5.36. The Morgan fingerprint density at radius 2 is 1.79 bits per heavy atom. The van der Waals surface area contributed by atoms with Crippen molar-refractivity contribution < 1.29 is 19.3 Å². The van der Waals surface area contributed by atoms with Gasteiger partial charge < -0.3 is 19.3 Å². The number of aromatic nitrogens is 2. The summed E-state index contributed by atoms with van der Waals surface area (Å²) >= 11 is 3.60. The van der Waals surface area contributed by atoms with E-state index in [2.05, 4.69) is 21.0 Å². The molecule has 0 bridgehead atoms. The lowest BCUT2D eigenvalue weighted by Crippen LogP contribution is -2.06. The molecular formula is C22H25BrN2O4. The molecule has 0 saturated carbocycles. The summed E-state index contributed by atoms with van der Waals surface area (Å²) in [5.41, 5.74) is 2.17. The Balaban J connectivity index is 2.00. The molecule has 154 valence electrons. The number of halogens is 1. The average Bonchev–Trinajstić information content (AvgIpc) is 3.08. The molecule has 0 aliphatic heterocycles. The Morgan fingerprint density at radius 1 is 1.07 bits per heavy atom. The van der Waals surface area contributed by atoms with E-state index in [1.54, 1.807) is 37.1 Å². The van der Waals surface area contributed by atoms with Gasteiger partial charge in [-0.1, -0.05) is 30.3 Å². The van der Waals surface area contributed by atoms with E-state index in [0.717, 1.165) is 5.56 Å². The molecule has 1 unspecified atom stereocenters. The molecule has 6 nitrogen and oxygen atoms in total. The van der Waals surface area contributed by atoms with Gasteiger partial charge >= 0.3 is 0 Å². The van der Waals surface area contributed by atoms with Crippen molar-refractivity contribution in [1.82, 2.24) is 9.78 Å². The fourth-order valence-corrected chi connectivity index (χ4v) is 3.89. The normalized spacial score (nSPS) is 12.1. The lowest BCUT2D eigenvalue weighted by Gasteiger charge is -2.17. The summed E-state index contributed by atoms with van der Waals surface area (Å²) in [7, 11) is 3.15. The van der Waals surface area contributed by atoms with E-state index in [1.165, 1.54) is 0 Å². The molecule has 1 aromatic heterocycles. The third kappa shape index (κ3) is 4.57. The molecule has 1 atom stereocenters. The molecule has 1 N–H and O–H groups in total. The maximum Gasteiger partial charge on any atom is 0.240 e. The first kappa shape index (κ1) is 21.2. The SMILES string of the molecule is COc1ccc(C(O)c2c(OCc3ccccc3)nn(C(C)C)c2Br)c(OC)c1. The Morgan fingerprint density at radius 3 is 2.41 bits per heavy atom.